The van der Waals surface area contributed by atoms with E-state index >= 15 is 0 Å². The molecule has 0 unspecified atom stereocenters. The Morgan fingerprint density at radius 2 is 2.00 bits per heavy atom. The number of nitrogens with zero attached hydrogens (tertiary/aromatic N) is 5. The number of nitrogens with one attached hydrogen (secondary N) is 2. The molecular weight excluding hydrogens is 358 g/mol. The molecule has 0 radical (unpaired) electrons. The highest BCUT2D eigenvalue weighted by atomic mass is 16.3. The van der Waals surface area contributed by atoms with E-state index in [1.165, 1.54) is 12.3 Å². The summed E-state index contributed by atoms with van der Waals surface area (Å²) in [4.78, 5) is 15.7. The van der Waals surface area contributed by atoms with E-state index in [2.05, 4.69) is 30.4 Å². The number of hydrogen-bond donors (Lipinski definition) is 4. The number of aromatic amines is 1. The Morgan fingerprint density at radius 3 is 2.82 bits per heavy atom. The first-order chi connectivity index (χ1) is 13.7. The highest BCUT2D eigenvalue weighted by Crippen LogP contribution is 2.25. The minimum absolute atomic E-state index is 0.0469. The van der Waals surface area contributed by atoms with Gasteiger partial charge in [-0.25, -0.2) is 14.5 Å². The molecule has 0 aliphatic rings. The summed E-state index contributed by atoms with van der Waals surface area (Å²) in [5.74, 6) is 0.902. The lowest BCUT2D eigenvalue weighted by Gasteiger charge is -2.04. The van der Waals surface area contributed by atoms with E-state index in [0.717, 1.165) is 22.3 Å². The normalized spacial score (nSPS) is 11.3. The topological polar surface area (TPSA) is 124 Å². The first-order valence-corrected chi connectivity index (χ1v) is 8.57. The van der Waals surface area contributed by atoms with Crippen molar-refractivity contribution in [3.8, 4) is 17.1 Å². The first kappa shape index (κ1) is 16.2. The fourth-order valence-corrected chi connectivity index (χ4v) is 3.06. The number of aliphatic hydroxyl groups is 1. The third-order valence-electron chi connectivity index (χ3n) is 4.34. The maximum absolute atomic E-state index is 9.30. The van der Waals surface area contributed by atoms with E-state index in [4.69, 9.17) is 0 Å². The van der Waals surface area contributed by atoms with Gasteiger partial charge in [0, 0.05) is 11.6 Å². The van der Waals surface area contributed by atoms with Crippen LogP contribution in [0.2, 0.25) is 0 Å². The molecule has 0 atom stereocenters. The van der Waals surface area contributed by atoms with Gasteiger partial charge in [-0.1, -0.05) is 12.1 Å². The SMILES string of the molecule is OCc1nc2ccc(-c3cccc4nc(Nc5ccc(O)nc5)nn34)cc2[nH]1. The number of aromatic nitrogens is 6. The summed E-state index contributed by atoms with van der Waals surface area (Å²) in [6.45, 7) is -0.135. The van der Waals surface area contributed by atoms with Gasteiger partial charge < -0.3 is 20.5 Å². The van der Waals surface area contributed by atoms with E-state index in [0.29, 0.717) is 23.1 Å². The maximum Gasteiger partial charge on any atom is 0.247 e. The minimum atomic E-state index is -0.135. The van der Waals surface area contributed by atoms with Crippen LogP contribution >= 0.6 is 0 Å². The summed E-state index contributed by atoms with van der Waals surface area (Å²) in [5.41, 5.74) is 4.80. The standard InChI is InChI=1S/C19H15N7O2/c27-10-16-22-13-6-4-11(8-14(13)23-16)15-2-1-3-17-24-19(25-26(15)17)21-12-5-7-18(28)20-9-12/h1-9,27H,10H2,(H,20,28)(H,21,25)(H,22,23). The lowest BCUT2D eigenvalue weighted by atomic mass is 10.1. The van der Waals surface area contributed by atoms with Crippen LogP contribution in [0.1, 0.15) is 5.82 Å². The summed E-state index contributed by atoms with van der Waals surface area (Å²) >= 11 is 0. The van der Waals surface area contributed by atoms with Crippen LogP contribution in [0.4, 0.5) is 11.6 Å². The van der Waals surface area contributed by atoms with Gasteiger partial charge in [0.2, 0.25) is 11.8 Å². The molecule has 4 N–H and O–H groups in total. The molecule has 0 saturated carbocycles. The van der Waals surface area contributed by atoms with Crippen LogP contribution in [-0.4, -0.2) is 39.8 Å². The first-order valence-electron chi connectivity index (χ1n) is 8.57. The smallest absolute Gasteiger partial charge is 0.247 e. The van der Waals surface area contributed by atoms with Gasteiger partial charge in [-0.15, -0.1) is 5.10 Å². The zero-order valence-corrected chi connectivity index (χ0v) is 14.5. The second-order valence-corrected chi connectivity index (χ2v) is 6.22. The van der Waals surface area contributed by atoms with Crippen LogP contribution in [0.3, 0.4) is 0 Å². The largest absolute Gasteiger partial charge is 0.493 e. The molecule has 28 heavy (non-hydrogen) atoms. The van der Waals surface area contributed by atoms with Gasteiger partial charge >= 0.3 is 0 Å². The van der Waals surface area contributed by atoms with Crippen molar-refractivity contribution in [3.05, 3.63) is 60.6 Å². The van der Waals surface area contributed by atoms with Crippen molar-refractivity contribution in [1.29, 1.82) is 0 Å². The number of anilines is 2. The molecular formula is C19H15N7O2. The van der Waals surface area contributed by atoms with Gasteiger partial charge in [-0.3, -0.25) is 0 Å². The Labute approximate surface area is 158 Å². The van der Waals surface area contributed by atoms with Crippen molar-refractivity contribution >= 4 is 28.3 Å². The number of pyridine rings is 2. The summed E-state index contributed by atoms with van der Waals surface area (Å²) in [6, 6.07) is 14.8. The molecule has 0 bridgehead atoms. The molecule has 0 aliphatic heterocycles. The van der Waals surface area contributed by atoms with Gasteiger partial charge in [-0.05, 0) is 30.3 Å². The predicted octanol–water partition coefficient (Wildman–Crippen LogP) is 2.61. The second-order valence-electron chi connectivity index (χ2n) is 6.22. The Balaban J connectivity index is 1.56. The second kappa shape index (κ2) is 6.32. The zero-order valence-electron chi connectivity index (χ0n) is 14.5. The van der Waals surface area contributed by atoms with Crippen molar-refractivity contribution in [2.45, 2.75) is 6.61 Å². The van der Waals surface area contributed by atoms with Crippen molar-refractivity contribution in [2.24, 2.45) is 0 Å². The Morgan fingerprint density at radius 1 is 1.07 bits per heavy atom. The number of H-pyrrole nitrogens is 1. The van der Waals surface area contributed by atoms with Crippen LogP contribution in [0.15, 0.2) is 54.7 Å². The van der Waals surface area contributed by atoms with E-state index in [-0.39, 0.29) is 12.5 Å². The average molecular weight is 373 g/mol. The van der Waals surface area contributed by atoms with Crippen LogP contribution in [0, 0.1) is 0 Å². The summed E-state index contributed by atoms with van der Waals surface area (Å²) in [7, 11) is 0. The Hall–Kier alpha value is -3.98. The number of benzene rings is 1. The highest BCUT2D eigenvalue weighted by molar-refractivity contribution is 5.81. The van der Waals surface area contributed by atoms with Gasteiger partial charge in [-0.2, -0.15) is 4.98 Å². The van der Waals surface area contributed by atoms with Crippen molar-refractivity contribution < 1.29 is 10.2 Å². The summed E-state index contributed by atoms with van der Waals surface area (Å²) < 4.78 is 1.75. The van der Waals surface area contributed by atoms with E-state index in [1.54, 1.807) is 10.6 Å². The van der Waals surface area contributed by atoms with E-state index in [9.17, 15) is 10.2 Å². The summed E-state index contributed by atoms with van der Waals surface area (Å²) in [5, 5.41) is 26.2. The van der Waals surface area contributed by atoms with E-state index < -0.39 is 0 Å². The van der Waals surface area contributed by atoms with Crippen LogP contribution < -0.4 is 5.32 Å². The molecule has 4 aromatic heterocycles. The predicted molar refractivity (Wildman–Crippen MR) is 103 cm³/mol. The third-order valence-corrected chi connectivity index (χ3v) is 4.34. The molecule has 0 fully saturated rings. The van der Waals surface area contributed by atoms with Crippen LogP contribution in [-0.2, 0) is 6.61 Å². The molecule has 1 aromatic carbocycles. The maximum atomic E-state index is 9.30. The number of aromatic hydroxyl groups is 1. The fourth-order valence-electron chi connectivity index (χ4n) is 3.06. The van der Waals surface area contributed by atoms with Crippen LogP contribution in [0.25, 0.3) is 27.9 Å². The molecule has 0 amide bonds. The highest BCUT2D eigenvalue weighted by Gasteiger charge is 2.11. The Kier molecular flexibility index (Phi) is 3.66. The third kappa shape index (κ3) is 2.79. The molecule has 4 heterocycles. The van der Waals surface area contributed by atoms with Gasteiger partial charge in [0.15, 0.2) is 5.65 Å². The summed E-state index contributed by atoms with van der Waals surface area (Å²) in [6.07, 6.45) is 1.51. The molecule has 9 heteroatoms. The fraction of sp³-hybridized carbons (Fsp3) is 0.0526. The molecule has 5 rings (SSSR count). The Bertz CT molecular complexity index is 1290. The molecule has 5 aromatic rings. The van der Waals surface area contributed by atoms with Crippen molar-refractivity contribution in [1.82, 2.24) is 29.5 Å². The lowest BCUT2D eigenvalue weighted by molar-refractivity contribution is 0.273. The van der Waals surface area contributed by atoms with E-state index in [1.807, 2.05) is 36.4 Å². The minimum Gasteiger partial charge on any atom is -0.493 e. The molecule has 9 nitrogen and oxygen atoms in total. The molecule has 0 saturated heterocycles. The van der Waals surface area contributed by atoms with Crippen molar-refractivity contribution in [2.75, 3.05) is 5.32 Å². The number of aliphatic hydroxyl groups excluding tert-OH is 1. The van der Waals surface area contributed by atoms with Crippen molar-refractivity contribution in [3.63, 3.8) is 0 Å². The number of rotatable bonds is 4. The number of imidazole rings is 1. The quantitative estimate of drug-likeness (QED) is 0.382. The van der Waals surface area contributed by atoms with Gasteiger partial charge in [0.05, 0.1) is 28.6 Å². The average Bonchev–Trinajstić information content (AvgIpc) is 3.31. The van der Waals surface area contributed by atoms with Gasteiger partial charge in [0.1, 0.15) is 12.4 Å². The number of hydrogen-bond acceptors (Lipinski definition) is 7. The number of fused-ring (bicyclic) bond motifs is 2. The van der Waals surface area contributed by atoms with Gasteiger partial charge in [0.25, 0.3) is 0 Å². The molecule has 0 aliphatic carbocycles. The van der Waals surface area contributed by atoms with Crippen LogP contribution in [0.5, 0.6) is 5.88 Å². The lowest BCUT2D eigenvalue weighted by Crippen LogP contribution is -1.96. The molecule has 0 spiro atoms. The molecule has 138 valence electrons. The zero-order chi connectivity index (χ0) is 19.1. The monoisotopic (exact) mass is 373 g/mol.